The molecule has 2 heterocycles. The third kappa shape index (κ3) is 11.6. The molecule has 2 aliphatic heterocycles. The Hall–Kier alpha value is -1.34. The first-order valence-corrected chi connectivity index (χ1v) is 14.8. The van der Waals surface area contributed by atoms with Crippen LogP contribution in [0, 0.1) is 0 Å². The van der Waals surface area contributed by atoms with E-state index in [1.54, 1.807) is 14.0 Å². The van der Waals surface area contributed by atoms with Crippen LogP contribution in [0.5, 0.6) is 0 Å². The van der Waals surface area contributed by atoms with Gasteiger partial charge in [0.05, 0.1) is 38.5 Å². The Morgan fingerprint density at radius 2 is 1.45 bits per heavy atom. The SMILES string of the molecule is CNCC(=O)CNC(=O)CCCCCN(CCC[C@H]1O[C@H](CO)[C@@H](O)[C@H](O)[C@@H]1O)CCO[C@@H]1O[C@@H](C)[C@@H](O)[C@@H](O)[C@@H]1O. The van der Waals surface area contributed by atoms with E-state index in [1.807, 2.05) is 0 Å². The number of hydrogen-bond acceptors (Lipinski definition) is 14. The number of Topliss-reactive ketones (excluding diaryl/α,β-unsaturated/α-hetero) is 1. The number of unbranched alkanes of at least 4 members (excludes halogenated alkanes) is 2. The van der Waals surface area contributed by atoms with E-state index in [1.165, 1.54) is 0 Å². The molecular formula is C27H51N3O12. The molecule has 1 amide bonds. The highest BCUT2D eigenvalue weighted by molar-refractivity contribution is 5.87. The average Bonchev–Trinajstić information content (AvgIpc) is 2.97. The number of ether oxygens (including phenoxy) is 3. The van der Waals surface area contributed by atoms with Crippen LogP contribution < -0.4 is 10.6 Å². The number of hydrogen-bond donors (Lipinski definition) is 9. The summed E-state index contributed by atoms with van der Waals surface area (Å²) in [5, 5.41) is 75.2. The largest absolute Gasteiger partial charge is 0.394 e. The zero-order valence-electron chi connectivity index (χ0n) is 24.6. The lowest BCUT2D eigenvalue weighted by molar-refractivity contribution is -0.293. The molecule has 0 aliphatic carbocycles. The average molecular weight is 610 g/mol. The first kappa shape index (κ1) is 36.8. The summed E-state index contributed by atoms with van der Waals surface area (Å²) in [7, 11) is 1.66. The van der Waals surface area contributed by atoms with E-state index < -0.39 is 67.8 Å². The second-order valence-electron chi connectivity index (χ2n) is 11.1. The zero-order chi connectivity index (χ0) is 31.2. The summed E-state index contributed by atoms with van der Waals surface area (Å²) in [6.45, 7) is 3.06. The summed E-state index contributed by atoms with van der Waals surface area (Å²) in [6.07, 6.45) is -8.35. The van der Waals surface area contributed by atoms with Gasteiger partial charge in [-0.2, -0.15) is 0 Å². The normalized spacial score (nSPS) is 33.6. The maximum absolute atomic E-state index is 12.0. The lowest BCUT2D eigenvalue weighted by Crippen LogP contribution is -2.58. The molecule has 10 atom stereocenters. The summed E-state index contributed by atoms with van der Waals surface area (Å²) in [5.41, 5.74) is 0. The van der Waals surface area contributed by atoms with Crippen LogP contribution in [0.15, 0.2) is 0 Å². The van der Waals surface area contributed by atoms with E-state index in [2.05, 4.69) is 15.5 Å². The Kier molecular flexibility index (Phi) is 16.8. The lowest BCUT2D eigenvalue weighted by atomic mass is 9.93. The highest BCUT2D eigenvalue weighted by atomic mass is 16.7. The van der Waals surface area contributed by atoms with Crippen molar-refractivity contribution in [2.45, 2.75) is 107 Å². The maximum atomic E-state index is 12.0. The number of carbonyl (C=O) groups is 2. The number of ketones is 1. The van der Waals surface area contributed by atoms with Crippen molar-refractivity contribution in [1.82, 2.24) is 15.5 Å². The van der Waals surface area contributed by atoms with Gasteiger partial charge in [-0.1, -0.05) is 6.42 Å². The highest BCUT2D eigenvalue weighted by Crippen LogP contribution is 2.24. The van der Waals surface area contributed by atoms with Crippen molar-refractivity contribution in [3.8, 4) is 0 Å². The standard InChI is InChI=1S/C27H51N3O12/c1-16-21(34)24(37)26(39)27(41-16)40-12-11-30(9-5-3-4-8-20(33)29-14-17(32)13-28-2)10-6-7-18-22(35)25(38)23(36)19(15-31)42-18/h16,18-19,21-28,31,34-39H,3-15H2,1-2H3,(H,29,33)/t16-,18+,19+,21+,22+,23+,24+,25+,26-,27+/m0/s1. The summed E-state index contributed by atoms with van der Waals surface area (Å²) in [5.74, 6) is -0.282. The molecule has 0 aromatic rings. The van der Waals surface area contributed by atoms with Gasteiger partial charge < -0.3 is 65.5 Å². The Labute approximate surface area is 246 Å². The topological polar surface area (TPSA) is 231 Å². The van der Waals surface area contributed by atoms with Crippen LogP contribution in [-0.4, -0.2) is 167 Å². The fourth-order valence-electron chi connectivity index (χ4n) is 5.06. The van der Waals surface area contributed by atoms with Crippen molar-refractivity contribution in [3.63, 3.8) is 0 Å². The molecule has 0 spiro atoms. The number of nitrogens with one attached hydrogen (secondary N) is 2. The highest BCUT2D eigenvalue weighted by Gasteiger charge is 2.43. The van der Waals surface area contributed by atoms with Crippen molar-refractivity contribution in [2.75, 3.05) is 53.0 Å². The van der Waals surface area contributed by atoms with Gasteiger partial charge in [-0.15, -0.1) is 0 Å². The quantitative estimate of drug-likeness (QED) is 0.0640. The predicted molar refractivity (Wildman–Crippen MR) is 148 cm³/mol. The van der Waals surface area contributed by atoms with Gasteiger partial charge in [0.1, 0.15) is 42.7 Å². The van der Waals surface area contributed by atoms with Crippen LogP contribution in [0.3, 0.4) is 0 Å². The number of aliphatic hydroxyl groups is 7. The molecule has 0 saturated carbocycles. The van der Waals surface area contributed by atoms with Gasteiger partial charge in [-0.05, 0) is 52.7 Å². The summed E-state index contributed by atoms with van der Waals surface area (Å²) in [6, 6.07) is 0. The molecule has 15 heteroatoms. The zero-order valence-corrected chi connectivity index (χ0v) is 24.6. The number of carbonyl (C=O) groups excluding carboxylic acids is 2. The molecule has 0 bridgehead atoms. The van der Waals surface area contributed by atoms with Gasteiger partial charge in [-0.3, -0.25) is 9.59 Å². The number of amides is 1. The van der Waals surface area contributed by atoms with Gasteiger partial charge in [0, 0.05) is 13.0 Å². The molecule has 42 heavy (non-hydrogen) atoms. The maximum Gasteiger partial charge on any atom is 0.220 e. The second kappa shape index (κ2) is 19.1. The minimum Gasteiger partial charge on any atom is -0.394 e. The number of rotatable bonds is 19. The van der Waals surface area contributed by atoms with Gasteiger partial charge in [0.25, 0.3) is 0 Å². The molecule has 2 aliphatic rings. The Balaban J connectivity index is 1.82. The summed E-state index contributed by atoms with van der Waals surface area (Å²) in [4.78, 5) is 25.6. The van der Waals surface area contributed by atoms with Gasteiger partial charge >= 0.3 is 0 Å². The second-order valence-corrected chi connectivity index (χ2v) is 11.1. The van der Waals surface area contributed by atoms with E-state index in [-0.39, 0.29) is 31.4 Å². The molecule has 0 unspecified atom stereocenters. The van der Waals surface area contributed by atoms with E-state index in [9.17, 15) is 45.3 Å². The Morgan fingerprint density at radius 1 is 0.786 bits per heavy atom. The van der Waals surface area contributed by atoms with Crippen molar-refractivity contribution >= 4 is 11.7 Å². The van der Waals surface area contributed by atoms with E-state index in [4.69, 9.17) is 14.2 Å². The Bertz CT molecular complexity index is 793. The summed E-state index contributed by atoms with van der Waals surface area (Å²) >= 11 is 0. The molecule has 15 nitrogen and oxygen atoms in total. The minimum atomic E-state index is -1.43. The molecular weight excluding hydrogens is 558 g/mol. The third-order valence-electron chi connectivity index (χ3n) is 7.69. The molecule has 2 rings (SSSR count). The smallest absolute Gasteiger partial charge is 0.220 e. The van der Waals surface area contributed by atoms with Crippen LogP contribution in [0.25, 0.3) is 0 Å². The number of likely N-dealkylation sites (N-methyl/N-ethyl adjacent to an activating group) is 1. The van der Waals surface area contributed by atoms with E-state index in [0.717, 1.165) is 12.8 Å². The van der Waals surface area contributed by atoms with Crippen LogP contribution in [-0.2, 0) is 23.8 Å². The molecule has 2 fully saturated rings. The third-order valence-corrected chi connectivity index (χ3v) is 7.69. The van der Waals surface area contributed by atoms with Gasteiger partial charge in [0.15, 0.2) is 12.1 Å². The first-order valence-electron chi connectivity index (χ1n) is 14.8. The molecule has 2 saturated heterocycles. The van der Waals surface area contributed by atoms with E-state index >= 15 is 0 Å². The molecule has 0 aromatic heterocycles. The number of nitrogens with zero attached hydrogens (tertiary/aromatic N) is 1. The van der Waals surface area contributed by atoms with Crippen LogP contribution in [0.2, 0.25) is 0 Å². The van der Waals surface area contributed by atoms with E-state index in [0.29, 0.717) is 45.3 Å². The van der Waals surface area contributed by atoms with Crippen molar-refractivity contribution in [2.24, 2.45) is 0 Å². The van der Waals surface area contributed by atoms with Crippen molar-refractivity contribution in [1.29, 1.82) is 0 Å². The summed E-state index contributed by atoms with van der Waals surface area (Å²) < 4.78 is 16.8. The van der Waals surface area contributed by atoms with Crippen LogP contribution >= 0.6 is 0 Å². The predicted octanol–water partition coefficient (Wildman–Crippen LogP) is -3.78. The van der Waals surface area contributed by atoms with Gasteiger partial charge in [0.2, 0.25) is 5.91 Å². The Morgan fingerprint density at radius 3 is 2.14 bits per heavy atom. The van der Waals surface area contributed by atoms with Crippen LogP contribution in [0.4, 0.5) is 0 Å². The number of aliphatic hydroxyl groups excluding tert-OH is 7. The van der Waals surface area contributed by atoms with Crippen molar-refractivity contribution in [3.05, 3.63) is 0 Å². The molecule has 0 radical (unpaired) electrons. The molecule has 9 N–H and O–H groups in total. The van der Waals surface area contributed by atoms with Crippen molar-refractivity contribution < 1.29 is 59.5 Å². The molecule has 0 aromatic carbocycles. The first-order chi connectivity index (χ1) is 20.0. The monoisotopic (exact) mass is 609 g/mol. The van der Waals surface area contributed by atoms with Gasteiger partial charge in [-0.25, -0.2) is 0 Å². The van der Waals surface area contributed by atoms with Crippen LogP contribution in [0.1, 0.15) is 45.4 Å². The fourth-order valence-corrected chi connectivity index (χ4v) is 5.06. The molecule has 246 valence electrons. The lowest BCUT2D eigenvalue weighted by Gasteiger charge is -2.40. The minimum absolute atomic E-state index is 0.00390. The fraction of sp³-hybridized carbons (Fsp3) is 0.926.